The number of hydrogen-bond acceptors (Lipinski definition) is 3. The monoisotopic (exact) mass is 321 g/mol. The molecule has 1 aromatic carbocycles. The van der Waals surface area contributed by atoms with Crippen molar-refractivity contribution in [3.63, 3.8) is 0 Å². The minimum Gasteiger partial charge on any atom is -0.359 e. The summed E-state index contributed by atoms with van der Waals surface area (Å²) in [5.74, 6) is 0.172. The molecule has 122 valence electrons. The molecule has 0 spiro atoms. The maximum absolute atomic E-state index is 12.7. The number of nitrogens with zero attached hydrogens (tertiary/aromatic N) is 1. The fourth-order valence-corrected chi connectivity index (χ4v) is 5.92. The molecule has 5 heteroatoms. The number of carbonyl (C=O) groups excluding carboxylic acids is 1. The Hall–Kier alpha value is -1.17. The Morgan fingerprint density at radius 3 is 2.41 bits per heavy atom. The number of benzene rings is 1. The Kier molecular flexibility index (Phi) is 5.42. The van der Waals surface area contributed by atoms with Gasteiger partial charge in [0.05, 0.1) is 20.1 Å². The molecule has 22 heavy (non-hydrogen) atoms. The zero-order valence-corrected chi connectivity index (χ0v) is 15.2. The molecule has 1 heterocycles. The van der Waals surface area contributed by atoms with Gasteiger partial charge in [-0.25, -0.2) is 0 Å². The molecular formula is C17H27NO3Si. The molecule has 0 aliphatic carbocycles. The molecule has 1 aliphatic rings. The highest BCUT2D eigenvalue weighted by atomic mass is 28.3. The number of amides is 1. The Labute approximate surface area is 134 Å². The highest BCUT2D eigenvalue weighted by Gasteiger charge is 2.55. The molecular weight excluding hydrogens is 294 g/mol. The van der Waals surface area contributed by atoms with Gasteiger partial charge in [0.25, 0.3) is 0 Å². The van der Waals surface area contributed by atoms with E-state index in [-0.39, 0.29) is 24.7 Å². The lowest BCUT2D eigenvalue weighted by Gasteiger charge is -2.54. The molecule has 1 amide bonds. The van der Waals surface area contributed by atoms with Crippen LogP contribution in [0, 0.1) is 5.92 Å². The maximum Gasteiger partial charge on any atom is 0.230 e. The van der Waals surface area contributed by atoms with E-state index in [1.54, 1.807) is 7.11 Å². The van der Waals surface area contributed by atoms with Gasteiger partial charge in [0, 0.05) is 19.3 Å². The van der Waals surface area contributed by atoms with Crippen molar-refractivity contribution in [2.24, 2.45) is 5.92 Å². The summed E-state index contributed by atoms with van der Waals surface area (Å²) in [5.41, 5.74) is 1.50. The average molecular weight is 321 g/mol. The first kappa shape index (κ1) is 17.2. The number of β-lactam (4-membered cyclic amide) rings is 1. The first-order chi connectivity index (χ1) is 10.4. The van der Waals surface area contributed by atoms with Crippen LogP contribution in [0.5, 0.6) is 0 Å². The SMILES string of the molecule is COCOC(C)[C@H]1C(=O)N(Cc2ccccc2)[C@@H]1[Si](C)(C)C. The number of methoxy groups -OCH3 is 1. The van der Waals surface area contributed by atoms with Crippen molar-refractivity contribution < 1.29 is 14.3 Å². The molecule has 0 bridgehead atoms. The largest absolute Gasteiger partial charge is 0.359 e. The normalized spacial score (nSPS) is 23.3. The van der Waals surface area contributed by atoms with Gasteiger partial charge < -0.3 is 14.4 Å². The smallest absolute Gasteiger partial charge is 0.230 e. The summed E-state index contributed by atoms with van der Waals surface area (Å²) in [4.78, 5) is 14.7. The average Bonchev–Trinajstić information content (AvgIpc) is 2.47. The van der Waals surface area contributed by atoms with Crippen molar-refractivity contribution in [1.82, 2.24) is 4.90 Å². The topological polar surface area (TPSA) is 38.8 Å². The summed E-state index contributed by atoms with van der Waals surface area (Å²) >= 11 is 0. The molecule has 0 N–H and O–H groups in total. The zero-order chi connectivity index (χ0) is 16.3. The summed E-state index contributed by atoms with van der Waals surface area (Å²) in [5, 5.41) is 0. The molecule has 1 aliphatic heterocycles. The predicted octanol–water partition coefficient (Wildman–Crippen LogP) is 2.90. The van der Waals surface area contributed by atoms with Gasteiger partial charge in [-0.2, -0.15) is 0 Å². The Morgan fingerprint density at radius 2 is 1.86 bits per heavy atom. The lowest BCUT2D eigenvalue weighted by atomic mass is 9.92. The van der Waals surface area contributed by atoms with E-state index in [1.165, 1.54) is 5.56 Å². The van der Waals surface area contributed by atoms with Crippen molar-refractivity contribution in [3.05, 3.63) is 35.9 Å². The molecule has 0 radical (unpaired) electrons. The van der Waals surface area contributed by atoms with Gasteiger partial charge in [0.2, 0.25) is 5.91 Å². The van der Waals surface area contributed by atoms with E-state index in [0.717, 1.165) is 0 Å². The first-order valence-corrected chi connectivity index (χ1v) is 11.4. The molecule has 1 unspecified atom stereocenters. The van der Waals surface area contributed by atoms with Gasteiger partial charge in [-0.3, -0.25) is 4.79 Å². The van der Waals surface area contributed by atoms with Crippen molar-refractivity contribution in [2.45, 2.75) is 44.9 Å². The van der Waals surface area contributed by atoms with Crippen LogP contribution in [0.15, 0.2) is 30.3 Å². The first-order valence-electron chi connectivity index (χ1n) is 7.81. The maximum atomic E-state index is 12.7. The second kappa shape index (κ2) is 6.94. The quantitative estimate of drug-likeness (QED) is 0.440. The van der Waals surface area contributed by atoms with E-state index in [9.17, 15) is 4.79 Å². The van der Waals surface area contributed by atoms with E-state index in [2.05, 4.69) is 31.8 Å². The van der Waals surface area contributed by atoms with Crippen LogP contribution in [0.4, 0.5) is 0 Å². The molecule has 0 saturated carbocycles. The van der Waals surface area contributed by atoms with E-state index in [0.29, 0.717) is 12.2 Å². The van der Waals surface area contributed by atoms with Gasteiger partial charge in [-0.05, 0) is 12.5 Å². The number of likely N-dealkylation sites (tertiary alicyclic amines) is 1. The minimum absolute atomic E-state index is 0.0365. The van der Waals surface area contributed by atoms with Crippen molar-refractivity contribution in [2.75, 3.05) is 13.9 Å². The summed E-state index contributed by atoms with van der Waals surface area (Å²) in [6.07, 6.45) is -0.101. The highest BCUT2D eigenvalue weighted by molar-refractivity contribution is 6.78. The lowest BCUT2D eigenvalue weighted by Crippen LogP contribution is -2.71. The lowest BCUT2D eigenvalue weighted by molar-refractivity contribution is -0.169. The molecule has 2 rings (SSSR count). The third-order valence-corrected chi connectivity index (χ3v) is 6.73. The van der Waals surface area contributed by atoms with E-state index < -0.39 is 8.07 Å². The second-order valence-electron chi connectivity index (χ2n) is 7.07. The van der Waals surface area contributed by atoms with E-state index >= 15 is 0 Å². The molecule has 1 aromatic rings. The van der Waals surface area contributed by atoms with Gasteiger partial charge in [0.1, 0.15) is 6.79 Å². The minimum atomic E-state index is -1.51. The molecule has 4 nitrogen and oxygen atoms in total. The van der Waals surface area contributed by atoms with Gasteiger partial charge in [-0.1, -0.05) is 50.0 Å². The van der Waals surface area contributed by atoms with Crippen molar-refractivity contribution in [1.29, 1.82) is 0 Å². The zero-order valence-electron chi connectivity index (χ0n) is 14.2. The van der Waals surface area contributed by atoms with Crippen LogP contribution in [0.25, 0.3) is 0 Å². The van der Waals surface area contributed by atoms with Crippen LogP contribution in [0.2, 0.25) is 19.6 Å². The van der Waals surface area contributed by atoms with Crippen LogP contribution in [0.1, 0.15) is 12.5 Å². The van der Waals surface area contributed by atoms with Gasteiger partial charge >= 0.3 is 0 Å². The summed E-state index contributed by atoms with van der Waals surface area (Å²) in [7, 11) is 0.0908. The molecule has 1 fully saturated rings. The molecule has 1 saturated heterocycles. The Balaban J connectivity index is 2.13. The van der Waals surface area contributed by atoms with E-state index in [1.807, 2.05) is 30.0 Å². The van der Waals surface area contributed by atoms with Crippen molar-refractivity contribution >= 4 is 14.0 Å². The van der Waals surface area contributed by atoms with Crippen LogP contribution in [0.3, 0.4) is 0 Å². The summed E-state index contributed by atoms with van der Waals surface area (Å²) in [6.45, 7) is 9.87. The second-order valence-corrected chi connectivity index (χ2v) is 12.4. The number of rotatable bonds is 7. The van der Waals surface area contributed by atoms with Crippen molar-refractivity contribution in [3.8, 4) is 0 Å². The van der Waals surface area contributed by atoms with E-state index in [4.69, 9.17) is 9.47 Å². The van der Waals surface area contributed by atoms with Gasteiger partial charge in [0.15, 0.2) is 0 Å². The summed E-state index contributed by atoms with van der Waals surface area (Å²) in [6, 6.07) is 10.2. The number of carbonyl (C=O) groups is 1. The number of ether oxygens (including phenoxy) is 2. The van der Waals surface area contributed by atoms with Crippen LogP contribution in [-0.4, -0.2) is 44.6 Å². The van der Waals surface area contributed by atoms with Gasteiger partial charge in [-0.15, -0.1) is 0 Å². The van der Waals surface area contributed by atoms with Crippen LogP contribution in [-0.2, 0) is 20.8 Å². The van der Waals surface area contributed by atoms with Crippen LogP contribution >= 0.6 is 0 Å². The number of hydrogen-bond donors (Lipinski definition) is 0. The third-order valence-electron chi connectivity index (χ3n) is 4.28. The third kappa shape index (κ3) is 3.59. The Morgan fingerprint density at radius 1 is 1.23 bits per heavy atom. The fraction of sp³-hybridized carbons (Fsp3) is 0.588. The molecule has 3 atom stereocenters. The Bertz CT molecular complexity index is 500. The fourth-order valence-electron chi connectivity index (χ4n) is 3.27. The summed E-state index contributed by atoms with van der Waals surface area (Å²) < 4.78 is 10.6. The standard InChI is InChI=1S/C17H27NO3Si/c1-13(21-12-20-2)15-16(19)18(17(15)22(3,4)5)11-14-9-7-6-8-10-14/h6-10,13,15,17H,11-12H2,1-5H3/t13?,15-,17+/m0/s1. The van der Waals surface area contributed by atoms with Crippen LogP contribution < -0.4 is 0 Å². The molecule has 0 aromatic heterocycles. The predicted molar refractivity (Wildman–Crippen MR) is 90.0 cm³/mol. The highest BCUT2D eigenvalue weighted by Crippen LogP contribution is 2.38.